The summed E-state index contributed by atoms with van der Waals surface area (Å²) in [5.74, 6) is 1.03. The number of benzene rings is 2. The molecule has 2 rings (SSSR count). The van der Waals surface area contributed by atoms with E-state index >= 15 is 0 Å². The first-order chi connectivity index (χ1) is 9.19. The summed E-state index contributed by atoms with van der Waals surface area (Å²) in [7, 11) is 0. The number of rotatable bonds is 5. The molecule has 0 atom stereocenters. The normalized spacial score (nSPS) is 10.7. The Morgan fingerprint density at radius 2 is 1.84 bits per heavy atom. The number of nitrogens with two attached hydrogens (primary N) is 1. The minimum Gasteiger partial charge on any atom is -0.330 e. The van der Waals surface area contributed by atoms with Crippen LogP contribution in [0.5, 0.6) is 0 Å². The molecular formula is C17H21NS. The van der Waals surface area contributed by atoms with Gasteiger partial charge in [0.25, 0.3) is 0 Å². The monoisotopic (exact) mass is 271 g/mol. The highest BCUT2D eigenvalue weighted by molar-refractivity contribution is 7.98. The van der Waals surface area contributed by atoms with E-state index in [-0.39, 0.29) is 0 Å². The van der Waals surface area contributed by atoms with Gasteiger partial charge < -0.3 is 5.73 Å². The zero-order valence-corrected chi connectivity index (χ0v) is 12.5. The van der Waals surface area contributed by atoms with Crippen LogP contribution in [0.4, 0.5) is 0 Å². The van der Waals surface area contributed by atoms with Gasteiger partial charge in [-0.15, -0.1) is 11.8 Å². The molecule has 0 amide bonds. The van der Waals surface area contributed by atoms with E-state index in [4.69, 9.17) is 5.73 Å². The van der Waals surface area contributed by atoms with E-state index in [1.807, 2.05) is 11.8 Å². The van der Waals surface area contributed by atoms with Crippen LogP contribution >= 0.6 is 11.8 Å². The van der Waals surface area contributed by atoms with Crippen LogP contribution in [0.1, 0.15) is 22.3 Å². The molecule has 2 N–H and O–H groups in total. The van der Waals surface area contributed by atoms with Crippen LogP contribution in [-0.4, -0.2) is 6.54 Å². The van der Waals surface area contributed by atoms with Gasteiger partial charge in [0.15, 0.2) is 0 Å². The molecule has 2 aromatic rings. The number of aryl methyl sites for hydroxylation is 2. The van der Waals surface area contributed by atoms with Gasteiger partial charge in [0.1, 0.15) is 0 Å². The molecular weight excluding hydrogens is 250 g/mol. The second kappa shape index (κ2) is 6.78. The summed E-state index contributed by atoms with van der Waals surface area (Å²) in [4.78, 5) is 1.36. The molecule has 0 unspecified atom stereocenters. The summed E-state index contributed by atoms with van der Waals surface area (Å²) in [5.41, 5.74) is 11.0. The summed E-state index contributed by atoms with van der Waals surface area (Å²) in [6.07, 6.45) is 0.962. The maximum atomic E-state index is 5.59. The Bertz CT molecular complexity index is 549. The Morgan fingerprint density at radius 3 is 2.53 bits per heavy atom. The van der Waals surface area contributed by atoms with E-state index in [0.717, 1.165) is 18.7 Å². The van der Waals surface area contributed by atoms with Crippen molar-refractivity contribution in [1.82, 2.24) is 0 Å². The molecule has 100 valence electrons. The first-order valence-corrected chi connectivity index (χ1v) is 7.65. The fraction of sp³-hybridized carbons (Fsp3) is 0.294. The SMILES string of the molecule is Cc1cccc(CSc2ccc(CCN)cc2C)c1. The van der Waals surface area contributed by atoms with Gasteiger partial charge in [-0.2, -0.15) is 0 Å². The Kier molecular flexibility index (Phi) is 5.06. The molecule has 2 heteroatoms. The third-order valence-electron chi connectivity index (χ3n) is 3.15. The van der Waals surface area contributed by atoms with Gasteiger partial charge in [-0.05, 0) is 49.6 Å². The largest absolute Gasteiger partial charge is 0.330 e. The van der Waals surface area contributed by atoms with Gasteiger partial charge in [0, 0.05) is 10.6 Å². The highest BCUT2D eigenvalue weighted by atomic mass is 32.2. The first kappa shape index (κ1) is 14.2. The fourth-order valence-corrected chi connectivity index (χ4v) is 3.11. The average Bonchev–Trinajstić information content (AvgIpc) is 2.38. The third-order valence-corrected chi connectivity index (χ3v) is 4.40. The highest BCUT2D eigenvalue weighted by Crippen LogP contribution is 2.27. The Morgan fingerprint density at radius 1 is 1.00 bits per heavy atom. The van der Waals surface area contributed by atoms with E-state index in [9.17, 15) is 0 Å². The van der Waals surface area contributed by atoms with Crippen molar-refractivity contribution in [1.29, 1.82) is 0 Å². The lowest BCUT2D eigenvalue weighted by Crippen LogP contribution is -2.02. The molecule has 2 aromatic carbocycles. The molecule has 0 aromatic heterocycles. The van der Waals surface area contributed by atoms with Gasteiger partial charge in [-0.3, -0.25) is 0 Å². The van der Waals surface area contributed by atoms with Crippen molar-refractivity contribution in [3.63, 3.8) is 0 Å². The van der Waals surface area contributed by atoms with Crippen LogP contribution in [0.2, 0.25) is 0 Å². The number of hydrogen-bond donors (Lipinski definition) is 1. The maximum absolute atomic E-state index is 5.59. The van der Waals surface area contributed by atoms with E-state index in [1.165, 1.54) is 27.1 Å². The van der Waals surface area contributed by atoms with Crippen molar-refractivity contribution < 1.29 is 0 Å². The summed E-state index contributed by atoms with van der Waals surface area (Å²) in [6, 6.07) is 15.4. The third kappa shape index (κ3) is 4.12. The zero-order valence-electron chi connectivity index (χ0n) is 11.6. The lowest BCUT2D eigenvalue weighted by Gasteiger charge is -2.08. The molecule has 0 aliphatic rings. The lowest BCUT2D eigenvalue weighted by molar-refractivity contribution is 0.963. The van der Waals surface area contributed by atoms with E-state index < -0.39 is 0 Å². The van der Waals surface area contributed by atoms with Crippen molar-refractivity contribution in [3.05, 3.63) is 64.7 Å². The van der Waals surface area contributed by atoms with E-state index in [0.29, 0.717) is 0 Å². The molecule has 0 bridgehead atoms. The Balaban J connectivity index is 2.03. The quantitative estimate of drug-likeness (QED) is 0.829. The number of thioether (sulfide) groups is 1. The predicted octanol–water partition coefficient (Wildman–Crippen LogP) is 4.10. The fourth-order valence-electron chi connectivity index (χ4n) is 2.16. The molecule has 19 heavy (non-hydrogen) atoms. The first-order valence-electron chi connectivity index (χ1n) is 6.67. The smallest absolute Gasteiger partial charge is 0.0232 e. The minimum absolute atomic E-state index is 0.717. The van der Waals surface area contributed by atoms with Crippen LogP contribution in [0, 0.1) is 13.8 Å². The van der Waals surface area contributed by atoms with Gasteiger partial charge >= 0.3 is 0 Å². The Labute approximate surface area is 120 Å². The molecule has 0 fully saturated rings. The highest BCUT2D eigenvalue weighted by Gasteiger charge is 2.02. The summed E-state index contributed by atoms with van der Waals surface area (Å²) in [6.45, 7) is 5.04. The molecule has 0 saturated carbocycles. The van der Waals surface area contributed by atoms with Gasteiger partial charge in [-0.1, -0.05) is 42.0 Å². The van der Waals surface area contributed by atoms with E-state index in [1.54, 1.807) is 0 Å². The average molecular weight is 271 g/mol. The van der Waals surface area contributed by atoms with Crippen molar-refractivity contribution in [2.45, 2.75) is 30.9 Å². The van der Waals surface area contributed by atoms with Crippen molar-refractivity contribution in [2.75, 3.05) is 6.54 Å². The standard InChI is InChI=1S/C17H21NS/c1-13-4-3-5-16(10-13)12-19-17-7-6-15(8-9-18)11-14(17)2/h3-7,10-11H,8-9,12,18H2,1-2H3. The second-order valence-corrected chi connectivity index (χ2v) is 5.93. The lowest BCUT2D eigenvalue weighted by atomic mass is 10.1. The molecule has 0 aliphatic heterocycles. The van der Waals surface area contributed by atoms with Crippen LogP contribution in [0.3, 0.4) is 0 Å². The van der Waals surface area contributed by atoms with Crippen molar-refractivity contribution >= 4 is 11.8 Å². The minimum atomic E-state index is 0.717. The second-order valence-electron chi connectivity index (χ2n) is 4.92. The topological polar surface area (TPSA) is 26.0 Å². The Hall–Kier alpha value is -1.25. The summed E-state index contributed by atoms with van der Waals surface area (Å²) >= 11 is 1.90. The van der Waals surface area contributed by atoms with Gasteiger partial charge in [0.2, 0.25) is 0 Å². The van der Waals surface area contributed by atoms with Gasteiger partial charge in [0.05, 0.1) is 0 Å². The summed E-state index contributed by atoms with van der Waals surface area (Å²) in [5, 5.41) is 0. The summed E-state index contributed by atoms with van der Waals surface area (Å²) < 4.78 is 0. The molecule has 1 nitrogen and oxygen atoms in total. The van der Waals surface area contributed by atoms with Crippen LogP contribution in [0.25, 0.3) is 0 Å². The zero-order chi connectivity index (χ0) is 13.7. The number of hydrogen-bond acceptors (Lipinski definition) is 2. The molecule has 0 radical (unpaired) electrons. The molecule has 0 spiro atoms. The van der Waals surface area contributed by atoms with Crippen LogP contribution < -0.4 is 5.73 Å². The van der Waals surface area contributed by atoms with Crippen molar-refractivity contribution in [2.24, 2.45) is 5.73 Å². The molecule has 0 heterocycles. The van der Waals surface area contributed by atoms with Crippen LogP contribution in [-0.2, 0) is 12.2 Å². The molecule has 0 aliphatic carbocycles. The predicted molar refractivity (Wildman–Crippen MR) is 84.7 cm³/mol. The van der Waals surface area contributed by atoms with Crippen molar-refractivity contribution in [3.8, 4) is 0 Å². The van der Waals surface area contributed by atoms with Gasteiger partial charge in [-0.25, -0.2) is 0 Å². The maximum Gasteiger partial charge on any atom is 0.0232 e. The van der Waals surface area contributed by atoms with Crippen LogP contribution in [0.15, 0.2) is 47.4 Å². The van der Waals surface area contributed by atoms with E-state index in [2.05, 4.69) is 56.3 Å². The molecule has 0 saturated heterocycles.